The van der Waals surface area contributed by atoms with Crippen molar-refractivity contribution in [3.05, 3.63) is 61.2 Å². The van der Waals surface area contributed by atoms with Crippen LogP contribution in [0.3, 0.4) is 0 Å². The van der Waals surface area contributed by atoms with Gasteiger partial charge in [-0.15, -0.1) is 6.58 Å². The van der Waals surface area contributed by atoms with E-state index in [4.69, 9.17) is 14.2 Å². The second kappa shape index (κ2) is 8.00. The standard InChI is InChI=1S/C18H20O3/c1-3-4-5-14-20-16-8-12-18(13-9-16)21-17-10-6-15(19-2)7-11-17/h3,6-13H,1,4-5,14H2,2H3. The topological polar surface area (TPSA) is 27.7 Å². The summed E-state index contributed by atoms with van der Waals surface area (Å²) in [6.45, 7) is 4.39. The lowest BCUT2D eigenvalue weighted by Gasteiger charge is -2.08. The van der Waals surface area contributed by atoms with Gasteiger partial charge in [-0.25, -0.2) is 0 Å². The van der Waals surface area contributed by atoms with Crippen LogP contribution in [0, 0.1) is 0 Å². The lowest BCUT2D eigenvalue weighted by atomic mass is 10.3. The Balaban J connectivity index is 1.87. The van der Waals surface area contributed by atoms with Crippen LogP contribution in [-0.2, 0) is 0 Å². The van der Waals surface area contributed by atoms with E-state index in [1.165, 1.54) is 0 Å². The summed E-state index contributed by atoms with van der Waals surface area (Å²) in [6, 6.07) is 15.1. The second-order valence-electron chi connectivity index (χ2n) is 4.53. The Morgan fingerprint density at radius 3 is 1.90 bits per heavy atom. The number of unbranched alkanes of at least 4 members (excludes halogenated alkanes) is 1. The number of rotatable bonds is 8. The summed E-state index contributed by atoms with van der Waals surface area (Å²) in [4.78, 5) is 0. The Labute approximate surface area is 125 Å². The summed E-state index contributed by atoms with van der Waals surface area (Å²) in [6.07, 6.45) is 3.85. The maximum atomic E-state index is 5.75. The van der Waals surface area contributed by atoms with Gasteiger partial charge in [-0.05, 0) is 61.4 Å². The van der Waals surface area contributed by atoms with Crippen molar-refractivity contribution in [2.24, 2.45) is 0 Å². The van der Waals surface area contributed by atoms with Crippen LogP contribution < -0.4 is 14.2 Å². The first-order chi connectivity index (χ1) is 10.3. The van der Waals surface area contributed by atoms with E-state index in [1.54, 1.807) is 7.11 Å². The van der Waals surface area contributed by atoms with Crippen molar-refractivity contribution in [1.29, 1.82) is 0 Å². The number of hydrogen-bond donors (Lipinski definition) is 0. The Morgan fingerprint density at radius 2 is 1.38 bits per heavy atom. The van der Waals surface area contributed by atoms with Crippen LogP contribution in [0.4, 0.5) is 0 Å². The van der Waals surface area contributed by atoms with E-state index < -0.39 is 0 Å². The van der Waals surface area contributed by atoms with E-state index in [2.05, 4.69) is 6.58 Å². The molecule has 0 aromatic heterocycles. The Kier molecular flexibility index (Phi) is 5.71. The maximum Gasteiger partial charge on any atom is 0.127 e. The van der Waals surface area contributed by atoms with Gasteiger partial charge in [-0.1, -0.05) is 6.08 Å². The number of hydrogen-bond acceptors (Lipinski definition) is 3. The van der Waals surface area contributed by atoms with Crippen LogP contribution in [0.2, 0.25) is 0 Å². The van der Waals surface area contributed by atoms with E-state index in [0.29, 0.717) is 6.61 Å². The molecule has 0 spiro atoms. The molecule has 0 N–H and O–H groups in total. The van der Waals surface area contributed by atoms with Crippen molar-refractivity contribution in [3.63, 3.8) is 0 Å². The van der Waals surface area contributed by atoms with Crippen LogP contribution >= 0.6 is 0 Å². The minimum atomic E-state index is 0.699. The van der Waals surface area contributed by atoms with Gasteiger partial charge in [0, 0.05) is 0 Å². The molecule has 0 aliphatic rings. The third kappa shape index (κ3) is 4.88. The maximum absolute atomic E-state index is 5.75. The lowest BCUT2D eigenvalue weighted by Crippen LogP contribution is -1.96. The lowest BCUT2D eigenvalue weighted by molar-refractivity contribution is 0.311. The number of benzene rings is 2. The van der Waals surface area contributed by atoms with Gasteiger partial charge in [0.05, 0.1) is 13.7 Å². The highest BCUT2D eigenvalue weighted by molar-refractivity contribution is 5.37. The summed E-state index contributed by atoms with van der Waals surface area (Å²) in [5, 5.41) is 0. The Bertz CT molecular complexity index is 544. The average Bonchev–Trinajstić information content (AvgIpc) is 2.54. The van der Waals surface area contributed by atoms with E-state index in [0.717, 1.165) is 35.8 Å². The minimum Gasteiger partial charge on any atom is -0.497 e. The van der Waals surface area contributed by atoms with Crippen molar-refractivity contribution in [1.82, 2.24) is 0 Å². The van der Waals surface area contributed by atoms with E-state index in [9.17, 15) is 0 Å². The first kappa shape index (κ1) is 15.0. The molecule has 0 amide bonds. The van der Waals surface area contributed by atoms with Gasteiger partial charge in [0.25, 0.3) is 0 Å². The normalized spacial score (nSPS) is 9.95. The summed E-state index contributed by atoms with van der Waals surface area (Å²) >= 11 is 0. The van der Waals surface area contributed by atoms with Gasteiger partial charge in [0.2, 0.25) is 0 Å². The average molecular weight is 284 g/mol. The zero-order valence-corrected chi connectivity index (χ0v) is 12.2. The molecule has 0 heterocycles. The molecule has 0 atom stereocenters. The fourth-order valence-electron chi connectivity index (χ4n) is 1.80. The molecule has 0 saturated carbocycles. The monoisotopic (exact) mass is 284 g/mol. The number of methoxy groups -OCH3 is 1. The summed E-state index contributed by atoms with van der Waals surface area (Å²) in [5.74, 6) is 3.21. The van der Waals surface area contributed by atoms with Crippen molar-refractivity contribution in [2.75, 3.05) is 13.7 Å². The van der Waals surface area contributed by atoms with Crippen molar-refractivity contribution >= 4 is 0 Å². The minimum absolute atomic E-state index is 0.699. The van der Waals surface area contributed by atoms with Gasteiger partial charge in [0.1, 0.15) is 23.0 Å². The Hall–Kier alpha value is -2.42. The number of ether oxygens (including phenoxy) is 3. The first-order valence-corrected chi connectivity index (χ1v) is 6.97. The molecular formula is C18H20O3. The molecule has 0 fully saturated rings. The quantitative estimate of drug-likeness (QED) is 0.513. The molecule has 0 aliphatic heterocycles. The van der Waals surface area contributed by atoms with Crippen LogP contribution in [0.15, 0.2) is 61.2 Å². The summed E-state index contributed by atoms with van der Waals surface area (Å²) in [7, 11) is 1.64. The second-order valence-corrected chi connectivity index (χ2v) is 4.53. The molecule has 0 aliphatic carbocycles. The Morgan fingerprint density at radius 1 is 0.857 bits per heavy atom. The van der Waals surface area contributed by atoms with E-state index >= 15 is 0 Å². The predicted octanol–water partition coefficient (Wildman–Crippen LogP) is 4.83. The third-order valence-electron chi connectivity index (χ3n) is 2.94. The SMILES string of the molecule is C=CCCCOc1ccc(Oc2ccc(OC)cc2)cc1. The molecule has 0 radical (unpaired) electrons. The fourth-order valence-corrected chi connectivity index (χ4v) is 1.80. The smallest absolute Gasteiger partial charge is 0.127 e. The fraction of sp³-hybridized carbons (Fsp3) is 0.222. The van der Waals surface area contributed by atoms with Crippen molar-refractivity contribution in [2.45, 2.75) is 12.8 Å². The predicted molar refractivity (Wildman–Crippen MR) is 84.4 cm³/mol. The van der Waals surface area contributed by atoms with Gasteiger partial charge in [0.15, 0.2) is 0 Å². The van der Waals surface area contributed by atoms with Gasteiger partial charge < -0.3 is 14.2 Å². The van der Waals surface area contributed by atoms with Crippen LogP contribution in [0.1, 0.15) is 12.8 Å². The van der Waals surface area contributed by atoms with Crippen LogP contribution in [-0.4, -0.2) is 13.7 Å². The molecule has 0 bridgehead atoms. The zero-order chi connectivity index (χ0) is 14.9. The molecule has 0 saturated heterocycles. The highest BCUT2D eigenvalue weighted by Crippen LogP contribution is 2.25. The molecule has 2 rings (SSSR count). The molecule has 110 valence electrons. The third-order valence-corrected chi connectivity index (χ3v) is 2.94. The highest BCUT2D eigenvalue weighted by atomic mass is 16.5. The van der Waals surface area contributed by atoms with Crippen LogP contribution in [0.5, 0.6) is 23.0 Å². The van der Waals surface area contributed by atoms with Gasteiger partial charge in [-0.2, -0.15) is 0 Å². The van der Waals surface area contributed by atoms with E-state index in [1.807, 2.05) is 54.6 Å². The van der Waals surface area contributed by atoms with Crippen molar-refractivity contribution < 1.29 is 14.2 Å². The zero-order valence-electron chi connectivity index (χ0n) is 12.2. The summed E-state index contributed by atoms with van der Waals surface area (Å²) < 4.78 is 16.5. The largest absolute Gasteiger partial charge is 0.497 e. The molecular weight excluding hydrogens is 264 g/mol. The van der Waals surface area contributed by atoms with Crippen LogP contribution in [0.25, 0.3) is 0 Å². The van der Waals surface area contributed by atoms with Crippen molar-refractivity contribution in [3.8, 4) is 23.0 Å². The summed E-state index contributed by atoms with van der Waals surface area (Å²) in [5.41, 5.74) is 0. The van der Waals surface area contributed by atoms with Gasteiger partial charge in [-0.3, -0.25) is 0 Å². The highest BCUT2D eigenvalue weighted by Gasteiger charge is 1.99. The first-order valence-electron chi connectivity index (χ1n) is 6.97. The molecule has 2 aromatic rings. The molecule has 3 nitrogen and oxygen atoms in total. The molecule has 21 heavy (non-hydrogen) atoms. The number of allylic oxidation sites excluding steroid dienone is 1. The molecule has 2 aromatic carbocycles. The molecule has 3 heteroatoms. The van der Waals surface area contributed by atoms with Gasteiger partial charge >= 0.3 is 0 Å². The van der Waals surface area contributed by atoms with E-state index in [-0.39, 0.29) is 0 Å². The molecule has 0 unspecified atom stereocenters.